The summed E-state index contributed by atoms with van der Waals surface area (Å²) in [5, 5.41) is 9.43. The zero-order valence-electron chi connectivity index (χ0n) is 8.85. The van der Waals surface area contributed by atoms with Gasteiger partial charge in [-0.1, -0.05) is 11.6 Å². The first-order valence-corrected chi connectivity index (χ1v) is 6.58. The molecule has 1 aliphatic heterocycles. The van der Waals surface area contributed by atoms with E-state index in [4.69, 9.17) is 16.9 Å². The average molecular weight is 273 g/mol. The largest absolute Gasteiger partial charge is 0.593 e. The Morgan fingerprint density at radius 3 is 2.71 bits per heavy atom. The van der Waals surface area contributed by atoms with Crippen molar-refractivity contribution in [2.75, 3.05) is 6.54 Å². The number of hydrogen-bond acceptors (Lipinski definition) is 3. The first kappa shape index (κ1) is 12.7. The number of nitrogens with zero attached hydrogens (tertiary/aromatic N) is 2. The van der Waals surface area contributed by atoms with Crippen molar-refractivity contribution in [2.45, 2.75) is 23.5 Å². The number of rotatable bonds is 2. The fourth-order valence-corrected chi connectivity index (χ4v) is 3.17. The van der Waals surface area contributed by atoms with Crippen LogP contribution in [0.5, 0.6) is 0 Å². The van der Waals surface area contributed by atoms with E-state index < -0.39 is 23.6 Å². The van der Waals surface area contributed by atoms with Crippen LogP contribution in [0.15, 0.2) is 29.2 Å². The van der Waals surface area contributed by atoms with Gasteiger partial charge >= 0.3 is 0 Å². The molecule has 2 rings (SSSR count). The maximum Gasteiger partial charge on any atom is 0.174 e. The summed E-state index contributed by atoms with van der Waals surface area (Å²) in [5.74, 6) is 0. The van der Waals surface area contributed by atoms with E-state index >= 15 is 0 Å². The van der Waals surface area contributed by atoms with Gasteiger partial charge in [-0.25, -0.2) is 4.39 Å². The van der Waals surface area contributed by atoms with Gasteiger partial charge in [0, 0.05) is 11.4 Å². The molecule has 0 bridgehead atoms. The summed E-state index contributed by atoms with van der Waals surface area (Å²) < 4.78 is 26.7. The Kier molecular flexibility index (Phi) is 3.89. The van der Waals surface area contributed by atoms with Crippen molar-refractivity contribution in [3.63, 3.8) is 0 Å². The highest BCUT2D eigenvalue weighted by Crippen LogP contribution is 2.27. The van der Waals surface area contributed by atoms with E-state index in [1.54, 1.807) is 24.3 Å². The molecule has 3 nitrogen and oxygen atoms in total. The lowest BCUT2D eigenvalue weighted by Crippen LogP contribution is -2.35. The van der Waals surface area contributed by atoms with Crippen molar-refractivity contribution >= 4 is 23.0 Å². The SMILES string of the molecule is N#C[C@H]1C[C@@H](F)CN1[S+]([O-])c1ccc(Cl)cc1. The summed E-state index contributed by atoms with van der Waals surface area (Å²) in [6.07, 6.45) is -0.966. The Hall–Kier alpha value is -0.800. The lowest BCUT2D eigenvalue weighted by atomic mass is 10.2. The predicted molar refractivity (Wildman–Crippen MR) is 63.5 cm³/mol. The number of nitriles is 1. The highest BCUT2D eigenvalue weighted by atomic mass is 35.5. The Morgan fingerprint density at radius 1 is 1.47 bits per heavy atom. The smallest absolute Gasteiger partial charge is 0.174 e. The van der Waals surface area contributed by atoms with Gasteiger partial charge in [-0.2, -0.15) is 5.26 Å². The molecule has 0 aromatic heterocycles. The zero-order valence-corrected chi connectivity index (χ0v) is 10.4. The van der Waals surface area contributed by atoms with E-state index in [0.717, 1.165) is 0 Å². The fraction of sp³-hybridized carbons (Fsp3) is 0.364. The Labute approximate surface area is 107 Å². The molecule has 90 valence electrons. The van der Waals surface area contributed by atoms with E-state index in [0.29, 0.717) is 9.92 Å². The minimum Gasteiger partial charge on any atom is -0.593 e. The second kappa shape index (κ2) is 5.23. The molecule has 1 unspecified atom stereocenters. The molecule has 0 amide bonds. The molecule has 1 aromatic rings. The molecule has 0 aliphatic carbocycles. The average Bonchev–Trinajstić information content (AvgIpc) is 2.70. The molecule has 0 spiro atoms. The van der Waals surface area contributed by atoms with Crippen LogP contribution in [-0.4, -0.2) is 27.6 Å². The van der Waals surface area contributed by atoms with Crippen LogP contribution in [-0.2, 0) is 11.4 Å². The van der Waals surface area contributed by atoms with Crippen LogP contribution >= 0.6 is 11.6 Å². The summed E-state index contributed by atoms with van der Waals surface area (Å²) >= 11 is 4.22. The van der Waals surface area contributed by atoms with E-state index in [9.17, 15) is 8.94 Å². The van der Waals surface area contributed by atoms with Gasteiger partial charge in [0.15, 0.2) is 4.90 Å². The van der Waals surface area contributed by atoms with Crippen LogP contribution < -0.4 is 0 Å². The summed E-state index contributed by atoms with van der Waals surface area (Å²) in [4.78, 5) is 0.531. The third-order valence-electron chi connectivity index (χ3n) is 2.58. The topological polar surface area (TPSA) is 50.1 Å². The molecular formula is C11H10ClFN2OS. The van der Waals surface area contributed by atoms with Gasteiger partial charge in [0.1, 0.15) is 12.2 Å². The molecule has 0 N–H and O–H groups in total. The zero-order chi connectivity index (χ0) is 12.4. The van der Waals surface area contributed by atoms with Gasteiger partial charge in [0.05, 0.1) is 24.0 Å². The van der Waals surface area contributed by atoms with Crippen molar-refractivity contribution in [1.82, 2.24) is 4.31 Å². The Morgan fingerprint density at radius 2 is 2.12 bits per heavy atom. The highest BCUT2D eigenvalue weighted by Gasteiger charge is 2.40. The molecular weight excluding hydrogens is 263 g/mol. The minimum absolute atomic E-state index is 0.0352. The molecule has 1 saturated heterocycles. The van der Waals surface area contributed by atoms with Crippen molar-refractivity contribution in [2.24, 2.45) is 0 Å². The van der Waals surface area contributed by atoms with Crippen molar-refractivity contribution < 1.29 is 8.94 Å². The van der Waals surface area contributed by atoms with Crippen molar-refractivity contribution in [3.05, 3.63) is 29.3 Å². The third-order valence-corrected chi connectivity index (χ3v) is 4.34. The number of hydrogen-bond donors (Lipinski definition) is 0. The van der Waals surface area contributed by atoms with Crippen LogP contribution in [0.3, 0.4) is 0 Å². The highest BCUT2D eigenvalue weighted by molar-refractivity contribution is 7.89. The molecule has 3 atom stereocenters. The van der Waals surface area contributed by atoms with Gasteiger partial charge in [-0.3, -0.25) is 0 Å². The normalized spacial score (nSPS) is 26.7. The van der Waals surface area contributed by atoms with E-state index in [2.05, 4.69) is 0 Å². The van der Waals surface area contributed by atoms with Crippen molar-refractivity contribution in [3.8, 4) is 6.07 Å². The molecule has 6 heteroatoms. The maximum atomic E-state index is 13.2. The maximum absolute atomic E-state index is 13.2. The Bertz CT molecular complexity index is 436. The fourth-order valence-electron chi connectivity index (χ4n) is 1.74. The summed E-state index contributed by atoms with van der Waals surface area (Å²) in [6.45, 7) is 0.0352. The molecule has 0 radical (unpaired) electrons. The standard InChI is InChI=1S/C11H10ClFN2OS/c12-8-1-3-11(4-2-8)17(16)15-7-9(13)5-10(15)6-14/h1-4,9-10H,5,7H2/t9-,10-,17?/m1/s1. The van der Waals surface area contributed by atoms with Gasteiger partial charge in [-0.15, -0.1) is 4.31 Å². The van der Waals surface area contributed by atoms with Gasteiger partial charge in [0.2, 0.25) is 0 Å². The van der Waals surface area contributed by atoms with Crippen LogP contribution in [0, 0.1) is 11.3 Å². The number of alkyl halides is 1. The first-order valence-electron chi connectivity index (χ1n) is 5.09. The monoisotopic (exact) mass is 272 g/mol. The van der Waals surface area contributed by atoms with Gasteiger partial charge in [-0.05, 0) is 24.3 Å². The molecule has 1 aromatic carbocycles. The number of benzene rings is 1. The van der Waals surface area contributed by atoms with E-state index in [-0.39, 0.29) is 13.0 Å². The van der Waals surface area contributed by atoms with Gasteiger partial charge in [0.25, 0.3) is 0 Å². The second-order valence-electron chi connectivity index (χ2n) is 3.78. The molecule has 1 heterocycles. The third kappa shape index (κ3) is 2.72. The van der Waals surface area contributed by atoms with E-state index in [1.807, 2.05) is 6.07 Å². The van der Waals surface area contributed by atoms with Crippen LogP contribution in [0.25, 0.3) is 0 Å². The second-order valence-corrected chi connectivity index (χ2v) is 5.66. The van der Waals surface area contributed by atoms with Crippen molar-refractivity contribution in [1.29, 1.82) is 5.26 Å². The molecule has 0 saturated carbocycles. The minimum atomic E-state index is -1.51. The summed E-state index contributed by atoms with van der Waals surface area (Å²) in [6, 6.07) is 7.84. The molecule has 1 fully saturated rings. The quantitative estimate of drug-likeness (QED) is 0.776. The van der Waals surface area contributed by atoms with E-state index in [1.165, 1.54) is 4.31 Å². The van der Waals surface area contributed by atoms with Crippen LogP contribution in [0.1, 0.15) is 6.42 Å². The predicted octanol–water partition coefficient (Wildman–Crippen LogP) is 2.30. The summed E-state index contributed by atoms with van der Waals surface area (Å²) in [7, 11) is 0. The molecule has 17 heavy (non-hydrogen) atoms. The number of halogens is 2. The first-order chi connectivity index (χ1) is 8.11. The van der Waals surface area contributed by atoms with Crippen LogP contribution in [0.2, 0.25) is 5.02 Å². The molecule has 1 aliphatic rings. The Balaban J connectivity index is 2.17. The summed E-state index contributed by atoms with van der Waals surface area (Å²) in [5.41, 5.74) is 0. The van der Waals surface area contributed by atoms with Gasteiger partial charge < -0.3 is 4.55 Å². The van der Waals surface area contributed by atoms with Crippen LogP contribution in [0.4, 0.5) is 4.39 Å². The lowest BCUT2D eigenvalue weighted by Gasteiger charge is -2.21. The lowest BCUT2D eigenvalue weighted by molar-refractivity contribution is 0.343.